The SMILES string of the molecule is CC1=CCC(CCC(C)C(C)(C)O)C1(C)C. The Labute approximate surface area is 101 Å². The van der Waals surface area contributed by atoms with Crippen LogP contribution in [-0.4, -0.2) is 10.7 Å². The molecule has 0 saturated heterocycles. The zero-order valence-corrected chi connectivity index (χ0v) is 11.8. The molecule has 0 bridgehead atoms. The molecule has 16 heavy (non-hydrogen) atoms. The summed E-state index contributed by atoms with van der Waals surface area (Å²) >= 11 is 0. The maximum Gasteiger partial charge on any atom is 0.0617 e. The first-order valence-electron chi connectivity index (χ1n) is 6.55. The molecule has 0 aromatic carbocycles. The van der Waals surface area contributed by atoms with Crippen molar-refractivity contribution in [1.29, 1.82) is 0 Å². The molecule has 1 heteroatoms. The Morgan fingerprint density at radius 3 is 2.44 bits per heavy atom. The van der Waals surface area contributed by atoms with Crippen molar-refractivity contribution in [2.75, 3.05) is 0 Å². The Kier molecular flexibility index (Phi) is 3.89. The Morgan fingerprint density at radius 1 is 1.50 bits per heavy atom. The molecule has 2 atom stereocenters. The van der Waals surface area contributed by atoms with E-state index in [1.807, 2.05) is 13.8 Å². The van der Waals surface area contributed by atoms with Crippen LogP contribution in [0.5, 0.6) is 0 Å². The summed E-state index contributed by atoms with van der Waals surface area (Å²) in [6, 6.07) is 0. The van der Waals surface area contributed by atoms with Crippen LogP contribution < -0.4 is 0 Å². The van der Waals surface area contributed by atoms with Gasteiger partial charge in [-0.25, -0.2) is 0 Å². The fourth-order valence-corrected chi connectivity index (χ4v) is 2.48. The second kappa shape index (κ2) is 4.52. The maximum absolute atomic E-state index is 9.93. The number of hydrogen-bond donors (Lipinski definition) is 1. The van der Waals surface area contributed by atoms with Gasteiger partial charge in [-0.3, -0.25) is 0 Å². The lowest BCUT2D eigenvalue weighted by molar-refractivity contribution is 0.0171. The van der Waals surface area contributed by atoms with Gasteiger partial charge in [0.1, 0.15) is 0 Å². The molecule has 1 N–H and O–H groups in total. The van der Waals surface area contributed by atoms with E-state index in [1.54, 1.807) is 0 Å². The minimum Gasteiger partial charge on any atom is -0.390 e. The largest absolute Gasteiger partial charge is 0.390 e. The average Bonchev–Trinajstić information content (AvgIpc) is 2.37. The third kappa shape index (κ3) is 2.88. The molecule has 0 amide bonds. The minimum absolute atomic E-state index is 0.360. The van der Waals surface area contributed by atoms with Crippen molar-refractivity contribution in [3.05, 3.63) is 11.6 Å². The predicted octanol–water partition coefficient (Wildman–Crippen LogP) is 4.17. The molecule has 0 spiro atoms. The van der Waals surface area contributed by atoms with Gasteiger partial charge in [-0.2, -0.15) is 0 Å². The lowest BCUT2D eigenvalue weighted by Gasteiger charge is -2.32. The summed E-state index contributed by atoms with van der Waals surface area (Å²) in [7, 11) is 0. The van der Waals surface area contributed by atoms with Gasteiger partial charge in [0.05, 0.1) is 5.60 Å². The van der Waals surface area contributed by atoms with Gasteiger partial charge >= 0.3 is 0 Å². The van der Waals surface area contributed by atoms with Crippen molar-refractivity contribution in [1.82, 2.24) is 0 Å². The van der Waals surface area contributed by atoms with E-state index in [0.29, 0.717) is 11.3 Å². The van der Waals surface area contributed by atoms with E-state index in [-0.39, 0.29) is 0 Å². The van der Waals surface area contributed by atoms with Crippen LogP contribution in [0.2, 0.25) is 0 Å². The highest BCUT2D eigenvalue weighted by molar-refractivity contribution is 5.18. The lowest BCUT2D eigenvalue weighted by Crippen LogP contribution is -2.30. The highest BCUT2D eigenvalue weighted by atomic mass is 16.3. The van der Waals surface area contributed by atoms with E-state index in [1.165, 1.54) is 18.4 Å². The molecule has 0 aromatic heterocycles. The van der Waals surface area contributed by atoms with Crippen molar-refractivity contribution in [2.24, 2.45) is 17.3 Å². The van der Waals surface area contributed by atoms with Crippen LogP contribution in [-0.2, 0) is 0 Å². The molecule has 1 aliphatic rings. The van der Waals surface area contributed by atoms with E-state index in [2.05, 4.69) is 33.8 Å². The second-order valence-corrected chi connectivity index (χ2v) is 6.67. The van der Waals surface area contributed by atoms with Crippen molar-refractivity contribution in [2.45, 2.75) is 66.4 Å². The van der Waals surface area contributed by atoms with E-state index in [0.717, 1.165) is 12.3 Å². The van der Waals surface area contributed by atoms with E-state index in [4.69, 9.17) is 0 Å². The molecule has 0 fully saturated rings. The third-order valence-corrected chi connectivity index (χ3v) is 4.90. The summed E-state index contributed by atoms with van der Waals surface area (Å²) in [5.41, 5.74) is 1.36. The Balaban J connectivity index is 2.47. The zero-order valence-electron chi connectivity index (χ0n) is 11.8. The molecule has 0 aliphatic heterocycles. The van der Waals surface area contributed by atoms with Crippen LogP contribution >= 0.6 is 0 Å². The van der Waals surface area contributed by atoms with Gasteiger partial charge in [-0.05, 0) is 57.3 Å². The van der Waals surface area contributed by atoms with Gasteiger partial charge < -0.3 is 5.11 Å². The molecular formula is C15H28O. The van der Waals surface area contributed by atoms with Crippen LogP contribution in [0.25, 0.3) is 0 Å². The molecule has 2 unspecified atom stereocenters. The van der Waals surface area contributed by atoms with Gasteiger partial charge in [0, 0.05) is 0 Å². The molecule has 1 aliphatic carbocycles. The maximum atomic E-state index is 9.93. The van der Waals surface area contributed by atoms with E-state index in [9.17, 15) is 5.11 Å². The minimum atomic E-state index is -0.536. The van der Waals surface area contributed by atoms with Crippen molar-refractivity contribution < 1.29 is 5.11 Å². The molecule has 0 radical (unpaired) electrons. The summed E-state index contributed by atoms with van der Waals surface area (Å²) in [4.78, 5) is 0. The van der Waals surface area contributed by atoms with Crippen LogP contribution in [0.4, 0.5) is 0 Å². The predicted molar refractivity (Wildman–Crippen MR) is 70.3 cm³/mol. The average molecular weight is 224 g/mol. The van der Waals surface area contributed by atoms with Gasteiger partial charge in [0.2, 0.25) is 0 Å². The summed E-state index contributed by atoms with van der Waals surface area (Å²) in [5.74, 6) is 1.14. The highest BCUT2D eigenvalue weighted by Gasteiger charge is 2.35. The van der Waals surface area contributed by atoms with Gasteiger partial charge in [0.15, 0.2) is 0 Å². The Hall–Kier alpha value is -0.300. The fraction of sp³-hybridized carbons (Fsp3) is 0.867. The highest BCUT2D eigenvalue weighted by Crippen LogP contribution is 2.45. The molecular weight excluding hydrogens is 196 g/mol. The quantitative estimate of drug-likeness (QED) is 0.711. The van der Waals surface area contributed by atoms with Crippen LogP contribution in [0.3, 0.4) is 0 Å². The molecule has 1 rings (SSSR count). The van der Waals surface area contributed by atoms with Crippen LogP contribution in [0, 0.1) is 17.3 Å². The first kappa shape index (κ1) is 13.8. The summed E-state index contributed by atoms with van der Waals surface area (Å²) in [6.45, 7) is 12.9. The molecule has 0 saturated carbocycles. The lowest BCUT2D eigenvalue weighted by atomic mass is 9.74. The van der Waals surface area contributed by atoms with Gasteiger partial charge in [-0.15, -0.1) is 0 Å². The van der Waals surface area contributed by atoms with Gasteiger partial charge in [-0.1, -0.05) is 32.4 Å². The third-order valence-electron chi connectivity index (χ3n) is 4.90. The van der Waals surface area contributed by atoms with E-state index >= 15 is 0 Å². The number of aliphatic hydroxyl groups is 1. The number of rotatable bonds is 4. The summed E-state index contributed by atoms with van der Waals surface area (Å²) < 4.78 is 0. The Morgan fingerprint density at radius 2 is 2.06 bits per heavy atom. The van der Waals surface area contributed by atoms with Crippen molar-refractivity contribution in [3.8, 4) is 0 Å². The summed E-state index contributed by atoms with van der Waals surface area (Å²) in [6.07, 6.45) is 5.96. The molecule has 94 valence electrons. The first-order chi connectivity index (χ1) is 7.15. The standard InChI is InChI=1S/C15H28O/c1-11-7-9-13(14(11,3)4)10-8-12(2)15(5,6)16/h7,12-13,16H,8-10H2,1-6H3. The topological polar surface area (TPSA) is 20.2 Å². The zero-order chi connectivity index (χ0) is 12.6. The second-order valence-electron chi connectivity index (χ2n) is 6.67. The monoisotopic (exact) mass is 224 g/mol. The molecule has 0 heterocycles. The number of allylic oxidation sites excluding steroid dienone is 2. The molecule has 1 nitrogen and oxygen atoms in total. The van der Waals surface area contributed by atoms with Gasteiger partial charge in [0.25, 0.3) is 0 Å². The normalized spacial score (nSPS) is 26.7. The summed E-state index contributed by atoms with van der Waals surface area (Å²) in [5, 5.41) is 9.93. The van der Waals surface area contributed by atoms with Crippen molar-refractivity contribution in [3.63, 3.8) is 0 Å². The molecule has 0 aromatic rings. The van der Waals surface area contributed by atoms with Crippen molar-refractivity contribution >= 4 is 0 Å². The van der Waals surface area contributed by atoms with Crippen LogP contribution in [0.15, 0.2) is 11.6 Å². The first-order valence-corrected chi connectivity index (χ1v) is 6.55. The smallest absolute Gasteiger partial charge is 0.0617 e. The fourth-order valence-electron chi connectivity index (χ4n) is 2.48. The number of hydrogen-bond acceptors (Lipinski definition) is 1. The van der Waals surface area contributed by atoms with Crippen LogP contribution in [0.1, 0.15) is 60.8 Å². The van der Waals surface area contributed by atoms with E-state index < -0.39 is 5.60 Å². The Bertz CT molecular complexity index is 268.